The van der Waals surface area contributed by atoms with E-state index in [1.54, 1.807) is 23.2 Å². The minimum atomic E-state index is -0.463. The number of nitro groups is 1. The summed E-state index contributed by atoms with van der Waals surface area (Å²) in [6.07, 6.45) is 1.52. The van der Waals surface area contributed by atoms with Crippen LogP contribution in [-0.2, 0) is 4.74 Å². The van der Waals surface area contributed by atoms with Gasteiger partial charge in [-0.15, -0.1) is 0 Å². The molecule has 1 aromatic heterocycles. The van der Waals surface area contributed by atoms with E-state index < -0.39 is 4.92 Å². The Hall–Kier alpha value is -2.41. The fourth-order valence-electron chi connectivity index (χ4n) is 2.66. The van der Waals surface area contributed by atoms with Gasteiger partial charge in [0.05, 0.1) is 34.1 Å². The molecule has 0 bridgehead atoms. The monoisotopic (exact) mass is 289 g/mol. The van der Waals surface area contributed by atoms with Gasteiger partial charge in [-0.1, -0.05) is 6.07 Å². The van der Waals surface area contributed by atoms with Gasteiger partial charge in [0.25, 0.3) is 11.6 Å². The largest absolute Gasteiger partial charge is 0.375 e. The van der Waals surface area contributed by atoms with Crippen molar-refractivity contribution < 1.29 is 14.5 Å². The van der Waals surface area contributed by atoms with Crippen molar-refractivity contribution in [3.05, 3.63) is 40.1 Å². The predicted molar refractivity (Wildman–Crippen MR) is 76.3 cm³/mol. The van der Waals surface area contributed by atoms with Crippen molar-refractivity contribution in [1.29, 1.82) is 0 Å². The topological polar surface area (TPSA) is 88.5 Å². The minimum absolute atomic E-state index is 0.0251. The maximum absolute atomic E-state index is 12.6. The van der Waals surface area contributed by atoms with Crippen molar-refractivity contribution >= 4 is 22.5 Å². The number of hydrogen-bond acceptors (Lipinski definition) is 4. The van der Waals surface area contributed by atoms with E-state index >= 15 is 0 Å². The highest BCUT2D eigenvalue weighted by molar-refractivity contribution is 6.10. The number of amides is 1. The highest BCUT2D eigenvalue weighted by atomic mass is 16.6. The number of fused-ring (bicyclic) bond motifs is 1. The number of morpholine rings is 1. The molecule has 0 radical (unpaired) electrons. The lowest BCUT2D eigenvalue weighted by Gasteiger charge is -2.31. The predicted octanol–water partition coefficient (Wildman–Crippen LogP) is 1.94. The van der Waals surface area contributed by atoms with Crippen LogP contribution < -0.4 is 0 Å². The van der Waals surface area contributed by atoms with Gasteiger partial charge in [-0.05, 0) is 13.0 Å². The fraction of sp³-hybridized carbons (Fsp3) is 0.357. The number of rotatable bonds is 2. The molecule has 0 spiro atoms. The Morgan fingerprint density at radius 2 is 2.33 bits per heavy atom. The van der Waals surface area contributed by atoms with Crippen molar-refractivity contribution in [3.8, 4) is 0 Å². The fourth-order valence-corrected chi connectivity index (χ4v) is 2.66. The third-order valence-corrected chi connectivity index (χ3v) is 3.64. The molecule has 0 saturated carbocycles. The highest BCUT2D eigenvalue weighted by Crippen LogP contribution is 2.29. The van der Waals surface area contributed by atoms with Crippen LogP contribution in [0, 0.1) is 10.1 Å². The minimum Gasteiger partial charge on any atom is -0.375 e. The summed E-state index contributed by atoms with van der Waals surface area (Å²) in [7, 11) is 0. The van der Waals surface area contributed by atoms with Crippen molar-refractivity contribution in [2.24, 2.45) is 0 Å². The Labute approximate surface area is 120 Å². The Balaban J connectivity index is 2.04. The van der Waals surface area contributed by atoms with Gasteiger partial charge in [-0.3, -0.25) is 14.9 Å². The van der Waals surface area contributed by atoms with E-state index in [2.05, 4.69) is 4.98 Å². The molecule has 1 N–H and O–H groups in total. The number of nitrogens with zero attached hydrogens (tertiary/aromatic N) is 2. The summed E-state index contributed by atoms with van der Waals surface area (Å²) < 4.78 is 5.42. The van der Waals surface area contributed by atoms with Gasteiger partial charge < -0.3 is 14.6 Å². The number of nitrogens with one attached hydrogen (secondary N) is 1. The van der Waals surface area contributed by atoms with Crippen molar-refractivity contribution in [2.45, 2.75) is 13.0 Å². The number of hydrogen-bond donors (Lipinski definition) is 1. The molecule has 1 aromatic carbocycles. The van der Waals surface area contributed by atoms with Crippen molar-refractivity contribution in [1.82, 2.24) is 9.88 Å². The van der Waals surface area contributed by atoms with Crippen molar-refractivity contribution in [3.63, 3.8) is 0 Å². The average Bonchev–Trinajstić information content (AvgIpc) is 2.90. The highest BCUT2D eigenvalue weighted by Gasteiger charge is 2.27. The number of carbonyl (C=O) groups excluding carboxylic acids is 1. The van der Waals surface area contributed by atoms with E-state index in [1.807, 2.05) is 6.92 Å². The summed E-state index contributed by atoms with van der Waals surface area (Å²) in [4.78, 5) is 27.9. The molecule has 3 rings (SSSR count). The summed E-state index contributed by atoms with van der Waals surface area (Å²) in [6.45, 7) is 3.37. The Morgan fingerprint density at radius 1 is 1.52 bits per heavy atom. The Kier molecular flexibility index (Phi) is 3.34. The zero-order chi connectivity index (χ0) is 15.0. The SMILES string of the molecule is CC1CN(C(=O)c2c[nH]c3cccc([N+](=O)[O-])c23)CCO1. The molecular formula is C14H15N3O4. The van der Waals surface area contributed by atoms with E-state index in [0.29, 0.717) is 36.2 Å². The molecular weight excluding hydrogens is 274 g/mol. The van der Waals surface area contributed by atoms with Crippen LogP contribution in [0.3, 0.4) is 0 Å². The maximum atomic E-state index is 12.6. The second-order valence-electron chi connectivity index (χ2n) is 5.09. The Bertz CT molecular complexity index is 709. The van der Waals surface area contributed by atoms with E-state index in [9.17, 15) is 14.9 Å². The van der Waals surface area contributed by atoms with Crippen LogP contribution in [-0.4, -0.2) is 46.5 Å². The molecule has 2 aromatic rings. The molecule has 110 valence electrons. The summed E-state index contributed by atoms with van der Waals surface area (Å²) in [5.41, 5.74) is 0.874. The number of non-ortho nitro benzene ring substituents is 1. The van der Waals surface area contributed by atoms with Crippen LogP contribution in [0.15, 0.2) is 24.4 Å². The smallest absolute Gasteiger partial charge is 0.279 e. The zero-order valence-corrected chi connectivity index (χ0v) is 11.5. The van der Waals surface area contributed by atoms with Crippen LogP contribution in [0.5, 0.6) is 0 Å². The van der Waals surface area contributed by atoms with Crippen LogP contribution >= 0.6 is 0 Å². The Morgan fingerprint density at radius 3 is 3.05 bits per heavy atom. The number of nitro benzene ring substituents is 1. The standard InChI is InChI=1S/C14H15N3O4/c1-9-8-16(5-6-21-9)14(18)10-7-15-11-3-2-4-12(13(10)11)17(19)20/h2-4,7,9,15H,5-6,8H2,1H3. The van der Waals surface area contributed by atoms with Crippen LogP contribution in [0.4, 0.5) is 5.69 Å². The van der Waals surface area contributed by atoms with Gasteiger partial charge in [-0.25, -0.2) is 0 Å². The number of aromatic amines is 1. The third kappa shape index (κ3) is 2.36. The van der Waals surface area contributed by atoms with E-state index in [1.165, 1.54) is 6.07 Å². The quantitative estimate of drug-likeness (QED) is 0.676. The molecule has 21 heavy (non-hydrogen) atoms. The van der Waals surface area contributed by atoms with Gasteiger partial charge in [0.1, 0.15) is 0 Å². The lowest BCUT2D eigenvalue weighted by Crippen LogP contribution is -2.44. The summed E-state index contributed by atoms with van der Waals surface area (Å²) >= 11 is 0. The number of benzene rings is 1. The maximum Gasteiger partial charge on any atom is 0.279 e. The molecule has 7 heteroatoms. The first kappa shape index (κ1) is 13.6. The van der Waals surface area contributed by atoms with E-state index in [-0.39, 0.29) is 17.7 Å². The lowest BCUT2D eigenvalue weighted by molar-refractivity contribution is -0.383. The normalized spacial score (nSPS) is 18.9. The van der Waals surface area contributed by atoms with Gasteiger partial charge in [0.2, 0.25) is 0 Å². The lowest BCUT2D eigenvalue weighted by atomic mass is 10.1. The van der Waals surface area contributed by atoms with Gasteiger partial charge in [0, 0.05) is 25.4 Å². The third-order valence-electron chi connectivity index (χ3n) is 3.64. The molecule has 1 aliphatic rings. The summed E-state index contributed by atoms with van der Waals surface area (Å²) in [5, 5.41) is 11.5. The van der Waals surface area contributed by atoms with E-state index in [4.69, 9.17) is 4.74 Å². The number of ether oxygens (including phenoxy) is 1. The molecule has 1 fully saturated rings. The number of H-pyrrole nitrogens is 1. The second kappa shape index (κ2) is 5.17. The van der Waals surface area contributed by atoms with Gasteiger partial charge >= 0.3 is 0 Å². The van der Waals surface area contributed by atoms with Gasteiger partial charge in [0.15, 0.2) is 0 Å². The first-order valence-corrected chi connectivity index (χ1v) is 6.73. The summed E-state index contributed by atoms with van der Waals surface area (Å²) in [6, 6.07) is 4.73. The zero-order valence-electron chi connectivity index (χ0n) is 11.5. The van der Waals surface area contributed by atoms with Crippen LogP contribution in [0.1, 0.15) is 17.3 Å². The average molecular weight is 289 g/mol. The first-order valence-electron chi connectivity index (χ1n) is 6.73. The molecule has 1 saturated heterocycles. The molecule has 2 heterocycles. The van der Waals surface area contributed by atoms with Crippen molar-refractivity contribution in [2.75, 3.05) is 19.7 Å². The second-order valence-corrected chi connectivity index (χ2v) is 5.09. The molecule has 7 nitrogen and oxygen atoms in total. The first-order chi connectivity index (χ1) is 10.1. The molecule has 1 aliphatic heterocycles. The molecule has 1 amide bonds. The molecule has 1 unspecified atom stereocenters. The summed E-state index contributed by atoms with van der Waals surface area (Å²) in [5.74, 6) is -0.203. The number of carbonyl (C=O) groups is 1. The molecule has 1 atom stereocenters. The van der Waals surface area contributed by atoms with E-state index in [0.717, 1.165) is 0 Å². The number of aromatic nitrogens is 1. The van der Waals surface area contributed by atoms with Gasteiger partial charge in [-0.2, -0.15) is 0 Å². The van der Waals surface area contributed by atoms with Crippen LogP contribution in [0.25, 0.3) is 10.9 Å². The molecule has 0 aliphatic carbocycles. The van der Waals surface area contributed by atoms with Crippen LogP contribution in [0.2, 0.25) is 0 Å².